The minimum absolute atomic E-state index is 0.0445. The highest BCUT2D eigenvalue weighted by molar-refractivity contribution is 5.87. The third-order valence-electron chi connectivity index (χ3n) is 10.1. The average Bonchev–Trinajstić information content (AvgIpc) is 3.77. The van der Waals surface area contributed by atoms with Crippen molar-refractivity contribution in [3.05, 3.63) is 83.6 Å². The molecule has 4 atom stereocenters. The number of aromatic nitrogens is 2. The van der Waals surface area contributed by atoms with Crippen LogP contribution in [0.5, 0.6) is 0 Å². The van der Waals surface area contributed by atoms with Gasteiger partial charge in [0.2, 0.25) is 11.8 Å². The van der Waals surface area contributed by atoms with Gasteiger partial charge in [-0.1, -0.05) is 76.7 Å². The zero-order valence-electron chi connectivity index (χ0n) is 31.2. The summed E-state index contributed by atoms with van der Waals surface area (Å²) in [5, 5.41) is 9.07. The van der Waals surface area contributed by atoms with Crippen LogP contribution in [0.25, 0.3) is 28.1 Å². The first-order valence-corrected chi connectivity index (χ1v) is 18.2. The van der Waals surface area contributed by atoms with Gasteiger partial charge in [-0.25, -0.2) is 9.78 Å². The zero-order chi connectivity index (χ0) is 37.7. The van der Waals surface area contributed by atoms with E-state index in [4.69, 9.17) is 21.2 Å². The van der Waals surface area contributed by atoms with Crippen molar-refractivity contribution in [1.29, 1.82) is 0 Å². The lowest BCUT2D eigenvalue weighted by molar-refractivity contribution is -0.134. The zero-order valence-corrected chi connectivity index (χ0v) is 31.2. The highest BCUT2D eigenvalue weighted by Crippen LogP contribution is 2.35. The Labute approximate surface area is 306 Å². The van der Waals surface area contributed by atoms with Gasteiger partial charge in [-0.15, -0.1) is 0 Å². The first-order valence-electron chi connectivity index (χ1n) is 18.2. The van der Waals surface area contributed by atoms with Gasteiger partial charge in [0, 0.05) is 29.7 Å². The number of likely N-dealkylation sites (tertiary alicyclic amines) is 1. The number of imidazole rings is 1. The van der Waals surface area contributed by atoms with E-state index >= 15 is 0 Å². The number of nitrogens with one attached hydrogen (secondary N) is 4. The van der Waals surface area contributed by atoms with Crippen LogP contribution in [0.1, 0.15) is 82.6 Å². The largest absolute Gasteiger partial charge is 0.453 e. The van der Waals surface area contributed by atoms with Crippen LogP contribution in [-0.4, -0.2) is 64.6 Å². The van der Waals surface area contributed by atoms with E-state index in [1.807, 2.05) is 46.8 Å². The minimum Gasteiger partial charge on any atom is -0.453 e. The number of fused-ring (bicyclic) bond motifs is 3. The lowest BCUT2D eigenvalue weighted by Gasteiger charge is -2.32. The summed E-state index contributed by atoms with van der Waals surface area (Å²) in [7, 11) is 1.28. The van der Waals surface area contributed by atoms with Crippen molar-refractivity contribution in [3.8, 4) is 22.4 Å². The first kappa shape index (κ1) is 38.1. The summed E-state index contributed by atoms with van der Waals surface area (Å²) in [6.07, 6.45) is 5.23. The second-order valence-electron chi connectivity index (χ2n) is 14.5. The Hall–Kier alpha value is -5.10. The highest BCUT2D eigenvalue weighted by atomic mass is 16.5. The van der Waals surface area contributed by atoms with Crippen LogP contribution in [0.4, 0.5) is 4.79 Å². The number of hydrogen-bond acceptors (Lipinski definition) is 8. The summed E-state index contributed by atoms with van der Waals surface area (Å²) in [4.78, 5) is 48.3. The van der Waals surface area contributed by atoms with Crippen LogP contribution in [0.3, 0.4) is 0 Å². The minimum atomic E-state index is -0.707. The molecule has 1 fully saturated rings. The molecule has 1 aliphatic heterocycles. The maximum atomic E-state index is 13.5. The molecule has 278 valence electrons. The number of nitrogens with two attached hydrogens (primary N) is 2. The summed E-state index contributed by atoms with van der Waals surface area (Å²) in [6, 6.07) is 12.9. The van der Waals surface area contributed by atoms with E-state index in [9.17, 15) is 14.4 Å². The van der Waals surface area contributed by atoms with Crippen LogP contribution >= 0.6 is 0 Å². The Kier molecular flexibility index (Phi) is 12.1. The maximum absolute atomic E-state index is 13.5. The molecule has 3 aromatic rings. The fourth-order valence-corrected chi connectivity index (χ4v) is 6.97. The number of carbonyl (C=O) groups excluding carboxylic acids is 3. The van der Waals surface area contributed by atoms with Crippen molar-refractivity contribution in [3.63, 3.8) is 0 Å². The molecule has 0 radical (unpaired) electrons. The van der Waals surface area contributed by atoms with Gasteiger partial charge < -0.3 is 42.0 Å². The number of aryl methyl sites for hydroxylation is 2. The topological polar surface area (TPSA) is 180 Å². The number of amides is 3. The molecule has 2 aliphatic rings. The van der Waals surface area contributed by atoms with Crippen LogP contribution in [0.15, 0.2) is 60.9 Å². The second-order valence-corrected chi connectivity index (χ2v) is 14.5. The first-order chi connectivity index (χ1) is 24.8. The van der Waals surface area contributed by atoms with E-state index in [-0.39, 0.29) is 35.7 Å². The molecule has 3 amide bonds. The lowest BCUT2D eigenvalue weighted by atomic mass is 9.95. The van der Waals surface area contributed by atoms with Crippen molar-refractivity contribution >= 4 is 23.6 Å². The summed E-state index contributed by atoms with van der Waals surface area (Å²) >= 11 is 0. The number of rotatable bonds is 12. The molecule has 1 aliphatic carbocycles. The Balaban J connectivity index is 1.28. The molecular formula is C40H54N8O4. The van der Waals surface area contributed by atoms with Gasteiger partial charge >= 0.3 is 6.09 Å². The summed E-state index contributed by atoms with van der Waals surface area (Å²) < 4.78 is 4.75. The van der Waals surface area contributed by atoms with Crippen LogP contribution < -0.4 is 27.4 Å². The van der Waals surface area contributed by atoms with E-state index in [1.165, 1.54) is 18.9 Å². The molecule has 0 unspecified atom stereocenters. The average molecular weight is 711 g/mol. The molecule has 1 saturated heterocycles. The molecule has 1 aromatic heterocycles. The maximum Gasteiger partial charge on any atom is 0.407 e. The number of methoxy groups -OCH3 is 1. The van der Waals surface area contributed by atoms with Gasteiger partial charge in [0.15, 0.2) is 0 Å². The number of carbonyl (C=O) groups is 3. The Morgan fingerprint density at radius 2 is 1.71 bits per heavy atom. The molecule has 52 heavy (non-hydrogen) atoms. The number of hydrogen-bond donors (Lipinski definition) is 6. The van der Waals surface area contributed by atoms with Crippen LogP contribution in [-0.2, 0) is 27.2 Å². The number of alkyl carbamates (subject to hydrolysis) is 1. The van der Waals surface area contributed by atoms with Crippen molar-refractivity contribution in [2.75, 3.05) is 13.7 Å². The molecule has 0 bridgehead atoms. The van der Waals surface area contributed by atoms with Crippen molar-refractivity contribution in [2.24, 2.45) is 23.3 Å². The van der Waals surface area contributed by atoms with Gasteiger partial charge in [0.25, 0.3) is 0 Å². The molecular weight excluding hydrogens is 656 g/mol. The molecule has 0 saturated carbocycles. The normalized spacial score (nSPS) is 17.4. The predicted octanol–water partition coefficient (Wildman–Crippen LogP) is 5.12. The number of nitrogens with zero attached hydrogens (tertiary/aromatic N) is 2. The fraction of sp³-hybridized carbons (Fsp3) is 0.450. The third-order valence-corrected chi connectivity index (χ3v) is 10.1. The fourth-order valence-electron chi connectivity index (χ4n) is 6.97. The third kappa shape index (κ3) is 8.33. The molecule has 2 aromatic carbocycles. The molecule has 12 heteroatoms. The summed E-state index contributed by atoms with van der Waals surface area (Å²) in [5.41, 5.74) is 20.9. The molecule has 12 nitrogen and oxygen atoms in total. The van der Waals surface area contributed by atoms with Crippen LogP contribution in [0, 0.1) is 11.8 Å². The van der Waals surface area contributed by atoms with E-state index in [0.29, 0.717) is 17.9 Å². The lowest BCUT2D eigenvalue weighted by Crippen LogP contribution is -2.53. The number of H-pyrrole nitrogens is 1. The molecule has 2 heterocycles. The van der Waals surface area contributed by atoms with E-state index in [0.717, 1.165) is 71.6 Å². The SMILES string of the molecule is C=C(N/C(=C\N)c1ccc(-c2ccc3c(c2)CCCc2[nH]c([C@H](C)NC(=O)[C@@H](N)C(C)C)nc2-3)cc1)[C@@H]1CCCN1C(=O)[C@@H](NC(=O)OC)C(C)C. The Morgan fingerprint density at radius 1 is 1.00 bits per heavy atom. The van der Waals surface area contributed by atoms with E-state index in [2.05, 4.69) is 57.8 Å². The Morgan fingerprint density at radius 3 is 2.37 bits per heavy atom. The van der Waals surface area contributed by atoms with Crippen molar-refractivity contribution in [1.82, 2.24) is 30.8 Å². The van der Waals surface area contributed by atoms with Gasteiger partial charge in [0.1, 0.15) is 11.9 Å². The van der Waals surface area contributed by atoms with Gasteiger partial charge in [0.05, 0.1) is 36.6 Å². The van der Waals surface area contributed by atoms with Gasteiger partial charge in [-0.2, -0.15) is 0 Å². The van der Waals surface area contributed by atoms with Gasteiger partial charge in [-0.3, -0.25) is 9.59 Å². The standard InChI is InChI=1S/C40H54N8O4/c1-22(2)34(42)38(49)44-25(6)37-45-31-11-8-10-29-20-28(17-18-30(29)36(31)46-37)26-13-15-27(16-14-26)32(21-41)43-24(5)33-12-9-19-48(33)39(50)35(23(3)4)47-40(51)52-7/h13-18,20-23,25,33-35,43H,5,8-12,19,41-42H2,1-4,6-7H3,(H,44,49)(H,45,46)(H,47,51)/b32-21-/t25-,33-,34-,35-/m0/s1. The van der Waals surface area contributed by atoms with Gasteiger partial charge in [-0.05, 0) is 73.1 Å². The number of ether oxygens (including phenoxy) is 1. The summed E-state index contributed by atoms with van der Waals surface area (Å²) in [6.45, 7) is 14.4. The van der Waals surface area contributed by atoms with E-state index in [1.54, 1.807) is 4.90 Å². The number of benzene rings is 2. The highest BCUT2D eigenvalue weighted by Gasteiger charge is 2.37. The molecule has 8 N–H and O–H groups in total. The quantitative estimate of drug-likeness (QED) is 0.150. The second kappa shape index (κ2) is 16.5. The Bertz CT molecular complexity index is 1810. The predicted molar refractivity (Wildman–Crippen MR) is 204 cm³/mol. The smallest absolute Gasteiger partial charge is 0.407 e. The molecule has 5 rings (SSSR count). The van der Waals surface area contributed by atoms with Crippen LogP contribution in [0.2, 0.25) is 0 Å². The molecule has 0 spiro atoms. The van der Waals surface area contributed by atoms with Crippen molar-refractivity contribution in [2.45, 2.75) is 90.9 Å². The van der Waals surface area contributed by atoms with Crippen molar-refractivity contribution < 1.29 is 19.1 Å². The monoisotopic (exact) mass is 710 g/mol. The van der Waals surface area contributed by atoms with E-state index < -0.39 is 18.2 Å². The number of aromatic amines is 1. The summed E-state index contributed by atoms with van der Waals surface area (Å²) in [5.74, 6) is 0.306.